The number of pyridine rings is 1. The number of thioether (sulfide) groups is 1. The van der Waals surface area contributed by atoms with Gasteiger partial charge < -0.3 is 15.2 Å². The lowest BCUT2D eigenvalue weighted by Crippen LogP contribution is -2.29. The summed E-state index contributed by atoms with van der Waals surface area (Å²) in [6.07, 6.45) is 1.68. The van der Waals surface area contributed by atoms with Gasteiger partial charge in [-0.2, -0.15) is 0 Å². The minimum Gasteiger partial charge on any atom is -0.360 e. The number of anilines is 1. The number of amides is 2. The van der Waals surface area contributed by atoms with Crippen molar-refractivity contribution in [2.24, 2.45) is 0 Å². The van der Waals surface area contributed by atoms with E-state index >= 15 is 0 Å². The molecule has 2 amide bonds. The van der Waals surface area contributed by atoms with Crippen LogP contribution >= 0.6 is 11.8 Å². The zero-order valence-electron chi connectivity index (χ0n) is 12.9. The Bertz CT molecular complexity index is 660. The van der Waals surface area contributed by atoms with Crippen LogP contribution in [0.4, 0.5) is 5.82 Å². The first kappa shape index (κ1) is 17.0. The first-order valence-electron chi connectivity index (χ1n) is 7.06. The zero-order valence-corrected chi connectivity index (χ0v) is 13.7. The molecular formula is C15H18N4O3S. The van der Waals surface area contributed by atoms with Crippen LogP contribution in [0.2, 0.25) is 0 Å². The van der Waals surface area contributed by atoms with E-state index in [-0.39, 0.29) is 29.4 Å². The molecule has 7 nitrogen and oxygen atoms in total. The molecule has 0 fully saturated rings. The van der Waals surface area contributed by atoms with E-state index in [1.54, 1.807) is 19.2 Å². The van der Waals surface area contributed by atoms with E-state index in [9.17, 15) is 9.59 Å². The second kappa shape index (κ2) is 8.33. The molecule has 1 unspecified atom stereocenters. The van der Waals surface area contributed by atoms with Gasteiger partial charge in [-0.3, -0.25) is 14.6 Å². The van der Waals surface area contributed by atoms with Crippen molar-refractivity contribution in [1.29, 1.82) is 0 Å². The van der Waals surface area contributed by atoms with E-state index in [0.29, 0.717) is 11.6 Å². The molecule has 0 aliphatic heterocycles. The predicted octanol–water partition coefficient (Wildman–Crippen LogP) is 1.93. The van der Waals surface area contributed by atoms with E-state index < -0.39 is 0 Å². The molecule has 2 rings (SSSR count). The molecule has 1 atom stereocenters. The Kier molecular flexibility index (Phi) is 6.16. The molecule has 8 heteroatoms. The summed E-state index contributed by atoms with van der Waals surface area (Å²) >= 11 is 1.23. The maximum atomic E-state index is 11.9. The van der Waals surface area contributed by atoms with Crippen molar-refractivity contribution in [1.82, 2.24) is 15.5 Å². The Morgan fingerprint density at radius 3 is 2.74 bits per heavy atom. The van der Waals surface area contributed by atoms with Crippen LogP contribution in [0.15, 0.2) is 35.0 Å². The Morgan fingerprint density at radius 1 is 1.30 bits per heavy atom. The minimum absolute atomic E-state index is 0.141. The highest BCUT2D eigenvalue weighted by molar-refractivity contribution is 8.00. The van der Waals surface area contributed by atoms with Gasteiger partial charge in [-0.1, -0.05) is 11.2 Å². The highest BCUT2D eigenvalue weighted by Gasteiger charge is 2.12. The van der Waals surface area contributed by atoms with E-state index in [4.69, 9.17) is 4.52 Å². The summed E-state index contributed by atoms with van der Waals surface area (Å²) in [5.74, 6) is 0.990. The molecule has 122 valence electrons. The second-order valence-corrected chi connectivity index (χ2v) is 5.89. The zero-order chi connectivity index (χ0) is 16.7. The van der Waals surface area contributed by atoms with Crippen LogP contribution in [0.5, 0.6) is 0 Å². The largest absolute Gasteiger partial charge is 0.360 e. The topological polar surface area (TPSA) is 97.1 Å². The van der Waals surface area contributed by atoms with Crippen LogP contribution < -0.4 is 10.6 Å². The standard InChI is InChI=1S/C15H18N4O3S/c1-10-7-13(19-22-10)18-15(21)9-23-8-14(20)17-11(2)12-5-3-4-6-16-12/h3-7,11H,8-9H2,1-2H3,(H,17,20)(H,18,19,21). The van der Waals surface area contributed by atoms with Gasteiger partial charge in [-0.05, 0) is 26.0 Å². The molecule has 2 aromatic heterocycles. The molecule has 0 radical (unpaired) electrons. The average Bonchev–Trinajstić information content (AvgIpc) is 2.93. The van der Waals surface area contributed by atoms with Crippen LogP contribution in [-0.4, -0.2) is 33.5 Å². The van der Waals surface area contributed by atoms with Crippen LogP contribution in [0.25, 0.3) is 0 Å². The first-order chi connectivity index (χ1) is 11.0. The number of carbonyl (C=O) groups is 2. The molecule has 0 spiro atoms. The quantitative estimate of drug-likeness (QED) is 0.803. The summed E-state index contributed by atoms with van der Waals surface area (Å²) in [6, 6.07) is 7.00. The molecule has 0 bridgehead atoms. The fourth-order valence-corrected chi connectivity index (χ4v) is 2.46. The van der Waals surface area contributed by atoms with Crippen molar-refractivity contribution >= 4 is 29.4 Å². The van der Waals surface area contributed by atoms with E-state index in [0.717, 1.165) is 5.69 Å². The minimum atomic E-state index is -0.228. The molecule has 2 N–H and O–H groups in total. The van der Waals surface area contributed by atoms with Crippen molar-refractivity contribution in [3.63, 3.8) is 0 Å². The summed E-state index contributed by atoms with van der Waals surface area (Å²) < 4.78 is 4.85. The smallest absolute Gasteiger partial charge is 0.235 e. The Labute approximate surface area is 138 Å². The number of hydrogen-bond acceptors (Lipinski definition) is 6. The maximum Gasteiger partial charge on any atom is 0.235 e. The van der Waals surface area contributed by atoms with Gasteiger partial charge in [-0.25, -0.2) is 0 Å². The molecule has 0 saturated carbocycles. The molecule has 0 aromatic carbocycles. The van der Waals surface area contributed by atoms with E-state index in [1.165, 1.54) is 11.8 Å². The highest BCUT2D eigenvalue weighted by atomic mass is 32.2. The van der Waals surface area contributed by atoms with Crippen molar-refractivity contribution in [3.8, 4) is 0 Å². The summed E-state index contributed by atoms with van der Waals surface area (Å²) in [6.45, 7) is 3.61. The molecule has 2 heterocycles. The Morgan fingerprint density at radius 2 is 2.09 bits per heavy atom. The first-order valence-corrected chi connectivity index (χ1v) is 8.21. The van der Waals surface area contributed by atoms with Crippen LogP contribution in [-0.2, 0) is 9.59 Å². The van der Waals surface area contributed by atoms with Crippen molar-refractivity contribution in [2.45, 2.75) is 19.9 Å². The lowest BCUT2D eigenvalue weighted by Gasteiger charge is -2.12. The second-order valence-electron chi connectivity index (χ2n) is 4.91. The average molecular weight is 334 g/mol. The Hall–Kier alpha value is -2.35. The fraction of sp³-hybridized carbons (Fsp3) is 0.333. The van der Waals surface area contributed by atoms with Gasteiger partial charge in [0.2, 0.25) is 11.8 Å². The van der Waals surface area contributed by atoms with Crippen molar-refractivity contribution in [3.05, 3.63) is 41.9 Å². The molecule has 0 aliphatic carbocycles. The number of nitrogens with zero attached hydrogens (tertiary/aromatic N) is 2. The Balaban J connectivity index is 1.67. The number of aryl methyl sites for hydroxylation is 1. The number of carbonyl (C=O) groups excluding carboxylic acids is 2. The predicted molar refractivity (Wildman–Crippen MR) is 88.0 cm³/mol. The fourth-order valence-electron chi connectivity index (χ4n) is 1.83. The number of nitrogens with one attached hydrogen (secondary N) is 2. The SMILES string of the molecule is Cc1cc(NC(=O)CSCC(=O)NC(C)c2ccccn2)no1. The van der Waals surface area contributed by atoms with Gasteiger partial charge in [-0.15, -0.1) is 11.8 Å². The van der Waals surface area contributed by atoms with Gasteiger partial charge in [0.25, 0.3) is 0 Å². The van der Waals surface area contributed by atoms with Crippen molar-refractivity contribution in [2.75, 3.05) is 16.8 Å². The summed E-state index contributed by atoms with van der Waals surface area (Å²) in [5, 5.41) is 9.11. The number of aromatic nitrogens is 2. The van der Waals surface area contributed by atoms with E-state index in [2.05, 4.69) is 20.8 Å². The third kappa shape index (κ3) is 5.74. The van der Waals surface area contributed by atoms with Gasteiger partial charge in [0.05, 0.1) is 23.2 Å². The monoisotopic (exact) mass is 334 g/mol. The summed E-state index contributed by atoms with van der Waals surface area (Å²) in [5.41, 5.74) is 0.796. The normalized spacial score (nSPS) is 11.7. The molecule has 23 heavy (non-hydrogen) atoms. The van der Waals surface area contributed by atoms with Gasteiger partial charge in [0.1, 0.15) is 5.76 Å². The third-order valence-electron chi connectivity index (χ3n) is 2.87. The third-order valence-corrected chi connectivity index (χ3v) is 3.80. The van der Waals surface area contributed by atoms with Crippen LogP contribution in [0.3, 0.4) is 0 Å². The summed E-state index contributed by atoms with van der Waals surface area (Å²) in [4.78, 5) is 27.7. The number of rotatable bonds is 7. The van der Waals surface area contributed by atoms with Crippen LogP contribution in [0, 0.1) is 6.92 Å². The summed E-state index contributed by atoms with van der Waals surface area (Å²) in [7, 11) is 0. The number of hydrogen-bond donors (Lipinski definition) is 2. The highest BCUT2D eigenvalue weighted by Crippen LogP contribution is 2.10. The van der Waals surface area contributed by atoms with Gasteiger partial charge in [0.15, 0.2) is 5.82 Å². The van der Waals surface area contributed by atoms with E-state index in [1.807, 2.05) is 25.1 Å². The molecule has 0 saturated heterocycles. The lowest BCUT2D eigenvalue weighted by atomic mass is 10.2. The van der Waals surface area contributed by atoms with Crippen LogP contribution in [0.1, 0.15) is 24.4 Å². The molecule has 2 aromatic rings. The molecule has 0 aliphatic rings. The molecular weight excluding hydrogens is 316 g/mol. The van der Waals surface area contributed by atoms with Gasteiger partial charge in [0, 0.05) is 12.3 Å². The lowest BCUT2D eigenvalue weighted by molar-refractivity contribution is -0.119. The van der Waals surface area contributed by atoms with Gasteiger partial charge >= 0.3 is 0 Å². The maximum absolute atomic E-state index is 11.9. The van der Waals surface area contributed by atoms with Crippen molar-refractivity contribution < 1.29 is 14.1 Å².